The zero-order valence-electron chi connectivity index (χ0n) is 11.5. The van der Waals surface area contributed by atoms with Crippen LogP contribution in [-0.4, -0.2) is 14.7 Å². The molecule has 0 amide bonds. The SMILES string of the molecule is CCCn1cncc1C(O)c1c(C)cc(C)cc1F. The maximum absolute atomic E-state index is 14.1. The number of aromatic nitrogens is 2. The van der Waals surface area contributed by atoms with Crippen LogP contribution in [0.15, 0.2) is 24.7 Å². The van der Waals surface area contributed by atoms with Crippen LogP contribution in [0.5, 0.6) is 0 Å². The van der Waals surface area contributed by atoms with Crippen molar-refractivity contribution in [3.8, 4) is 0 Å². The molecule has 0 saturated carbocycles. The topological polar surface area (TPSA) is 38.0 Å². The van der Waals surface area contributed by atoms with Gasteiger partial charge in [0, 0.05) is 12.1 Å². The summed E-state index contributed by atoms with van der Waals surface area (Å²) in [4.78, 5) is 4.04. The summed E-state index contributed by atoms with van der Waals surface area (Å²) in [5.41, 5.74) is 2.58. The molecule has 0 bridgehead atoms. The van der Waals surface area contributed by atoms with Crippen LogP contribution in [0.4, 0.5) is 4.39 Å². The van der Waals surface area contributed by atoms with E-state index in [2.05, 4.69) is 4.98 Å². The Morgan fingerprint density at radius 3 is 2.74 bits per heavy atom. The largest absolute Gasteiger partial charge is 0.382 e. The van der Waals surface area contributed by atoms with E-state index in [0.29, 0.717) is 11.3 Å². The molecule has 1 unspecified atom stereocenters. The van der Waals surface area contributed by atoms with Crippen molar-refractivity contribution in [2.24, 2.45) is 0 Å². The van der Waals surface area contributed by atoms with E-state index in [9.17, 15) is 9.50 Å². The van der Waals surface area contributed by atoms with Gasteiger partial charge in [0.2, 0.25) is 0 Å². The minimum absolute atomic E-state index is 0.337. The lowest BCUT2D eigenvalue weighted by Crippen LogP contribution is -2.11. The Kier molecular flexibility index (Phi) is 4.00. The fourth-order valence-electron chi connectivity index (χ4n) is 2.41. The van der Waals surface area contributed by atoms with Crippen molar-refractivity contribution in [3.05, 3.63) is 52.9 Å². The third-order valence-electron chi connectivity index (χ3n) is 3.24. The molecule has 0 aliphatic heterocycles. The highest BCUT2D eigenvalue weighted by atomic mass is 19.1. The number of aliphatic hydroxyl groups excluding tert-OH is 1. The van der Waals surface area contributed by atoms with Crippen molar-refractivity contribution in [1.82, 2.24) is 9.55 Å². The third-order valence-corrected chi connectivity index (χ3v) is 3.24. The summed E-state index contributed by atoms with van der Waals surface area (Å²) in [5, 5.41) is 10.4. The molecule has 1 atom stereocenters. The second-order valence-electron chi connectivity index (χ2n) is 4.89. The fourth-order valence-corrected chi connectivity index (χ4v) is 2.41. The Labute approximate surface area is 112 Å². The average molecular weight is 262 g/mol. The zero-order valence-corrected chi connectivity index (χ0v) is 11.5. The molecule has 1 aromatic heterocycles. The predicted octanol–water partition coefficient (Wildman–Crippen LogP) is 3.13. The molecule has 2 rings (SSSR count). The van der Waals surface area contributed by atoms with Gasteiger partial charge in [-0.2, -0.15) is 0 Å². The molecule has 19 heavy (non-hydrogen) atoms. The quantitative estimate of drug-likeness (QED) is 0.919. The van der Waals surface area contributed by atoms with Crippen LogP contribution in [-0.2, 0) is 6.54 Å². The predicted molar refractivity (Wildman–Crippen MR) is 72.5 cm³/mol. The molecule has 1 N–H and O–H groups in total. The number of halogens is 1. The first-order valence-corrected chi connectivity index (χ1v) is 6.49. The summed E-state index contributed by atoms with van der Waals surface area (Å²) in [6.45, 7) is 6.47. The zero-order chi connectivity index (χ0) is 14.0. The van der Waals surface area contributed by atoms with Gasteiger partial charge in [0.1, 0.15) is 11.9 Å². The first-order valence-electron chi connectivity index (χ1n) is 6.49. The van der Waals surface area contributed by atoms with Crippen LogP contribution in [0.25, 0.3) is 0 Å². The van der Waals surface area contributed by atoms with Crippen molar-refractivity contribution >= 4 is 0 Å². The molecular formula is C15H19FN2O. The van der Waals surface area contributed by atoms with Crippen molar-refractivity contribution in [2.75, 3.05) is 0 Å². The highest BCUT2D eigenvalue weighted by molar-refractivity contribution is 5.36. The Morgan fingerprint density at radius 1 is 1.37 bits per heavy atom. The number of imidazole rings is 1. The Hall–Kier alpha value is -1.68. The van der Waals surface area contributed by atoms with Crippen molar-refractivity contribution in [3.63, 3.8) is 0 Å². The van der Waals surface area contributed by atoms with Crippen LogP contribution in [0.2, 0.25) is 0 Å². The fraction of sp³-hybridized carbons (Fsp3) is 0.400. The van der Waals surface area contributed by atoms with Crippen LogP contribution in [0.1, 0.15) is 41.8 Å². The maximum atomic E-state index is 14.1. The van der Waals surface area contributed by atoms with E-state index in [4.69, 9.17) is 0 Å². The lowest BCUT2D eigenvalue weighted by atomic mass is 9.98. The summed E-state index contributed by atoms with van der Waals surface area (Å²) in [5.74, 6) is -0.366. The molecule has 0 fully saturated rings. The summed E-state index contributed by atoms with van der Waals surface area (Å²) in [7, 11) is 0. The van der Waals surface area contributed by atoms with Crippen LogP contribution < -0.4 is 0 Å². The van der Waals surface area contributed by atoms with Gasteiger partial charge in [-0.05, 0) is 37.5 Å². The molecule has 1 heterocycles. The van der Waals surface area contributed by atoms with Crippen molar-refractivity contribution in [2.45, 2.75) is 39.8 Å². The van der Waals surface area contributed by atoms with Crippen LogP contribution in [0.3, 0.4) is 0 Å². The first-order chi connectivity index (χ1) is 9.04. The molecule has 0 aliphatic rings. The summed E-state index contributed by atoms with van der Waals surface area (Å²) in [6, 6.07) is 3.33. The van der Waals surface area contributed by atoms with E-state index in [1.54, 1.807) is 12.5 Å². The summed E-state index contributed by atoms with van der Waals surface area (Å²) >= 11 is 0. The van der Waals surface area contributed by atoms with E-state index in [1.807, 2.05) is 31.4 Å². The molecule has 0 radical (unpaired) electrons. The second-order valence-corrected chi connectivity index (χ2v) is 4.89. The number of nitrogens with zero attached hydrogens (tertiary/aromatic N) is 2. The van der Waals surface area contributed by atoms with Crippen LogP contribution >= 0.6 is 0 Å². The number of aliphatic hydroxyl groups is 1. The maximum Gasteiger partial charge on any atom is 0.129 e. The van der Waals surface area contributed by atoms with Gasteiger partial charge in [0.05, 0.1) is 18.2 Å². The molecule has 0 spiro atoms. The van der Waals surface area contributed by atoms with E-state index < -0.39 is 6.10 Å². The van der Waals surface area contributed by atoms with Gasteiger partial charge in [-0.25, -0.2) is 9.37 Å². The third kappa shape index (κ3) is 2.68. The first kappa shape index (κ1) is 13.7. The number of benzene rings is 1. The monoisotopic (exact) mass is 262 g/mol. The lowest BCUT2D eigenvalue weighted by Gasteiger charge is -2.17. The highest BCUT2D eigenvalue weighted by Gasteiger charge is 2.21. The molecule has 0 aliphatic carbocycles. The molecule has 2 aromatic rings. The Balaban J connectivity index is 2.44. The average Bonchev–Trinajstić information content (AvgIpc) is 2.76. The van der Waals surface area contributed by atoms with Gasteiger partial charge >= 0.3 is 0 Å². The Morgan fingerprint density at radius 2 is 2.11 bits per heavy atom. The minimum Gasteiger partial charge on any atom is -0.382 e. The molecule has 0 saturated heterocycles. The summed E-state index contributed by atoms with van der Waals surface area (Å²) in [6.07, 6.45) is 3.23. The number of aryl methyl sites for hydroxylation is 3. The van der Waals surface area contributed by atoms with Gasteiger partial charge in [-0.15, -0.1) is 0 Å². The van der Waals surface area contributed by atoms with Crippen LogP contribution in [0, 0.1) is 19.7 Å². The van der Waals surface area contributed by atoms with Gasteiger partial charge in [0.25, 0.3) is 0 Å². The van der Waals surface area contributed by atoms with Crippen molar-refractivity contribution < 1.29 is 9.50 Å². The lowest BCUT2D eigenvalue weighted by molar-refractivity contribution is 0.203. The number of rotatable bonds is 4. The molecular weight excluding hydrogens is 243 g/mol. The highest BCUT2D eigenvalue weighted by Crippen LogP contribution is 2.28. The van der Waals surface area contributed by atoms with Gasteiger partial charge in [0.15, 0.2) is 0 Å². The Bertz CT molecular complexity index is 554. The van der Waals surface area contributed by atoms with E-state index in [0.717, 1.165) is 24.1 Å². The number of hydrogen-bond donors (Lipinski definition) is 1. The van der Waals surface area contributed by atoms with E-state index in [-0.39, 0.29) is 5.82 Å². The standard InChI is InChI=1S/C15H19FN2O/c1-4-5-18-9-17-8-13(18)15(19)14-11(3)6-10(2)7-12(14)16/h6-9,15,19H,4-5H2,1-3H3. The molecule has 4 heteroatoms. The normalized spacial score (nSPS) is 12.7. The van der Waals surface area contributed by atoms with E-state index in [1.165, 1.54) is 6.07 Å². The number of hydrogen-bond acceptors (Lipinski definition) is 2. The van der Waals surface area contributed by atoms with Gasteiger partial charge < -0.3 is 9.67 Å². The van der Waals surface area contributed by atoms with E-state index >= 15 is 0 Å². The van der Waals surface area contributed by atoms with Gasteiger partial charge in [-0.1, -0.05) is 13.0 Å². The molecule has 102 valence electrons. The van der Waals surface area contributed by atoms with Crippen molar-refractivity contribution in [1.29, 1.82) is 0 Å². The second kappa shape index (κ2) is 5.53. The minimum atomic E-state index is -0.977. The molecule has 3 nitrogen and oxygen atoms in total. The molecule has 1 aromatic carbocycles. The smallest absolute Gasteiger partial charge is 0.129 e. The van der Waals surface area contributed by atoms with Gasteiger partial charge in [-0.3, -0.25) is 0 Å². The summed E-state index contributed by atoms with van der Waals surface area (Å²) < 4.78 is 15.9.